The van der Waals surface area contributed by atoms with E-state index in [1.807, 2.05) is 6.07 Å². The lowest BCUT2D eigenvalue weighted by Gasteiger charge is -2.54. The number of aryl methyl sites for hydroxylation is 1. The van der Waals surface area contributed by atoms with Crippen LogP contribution in [0.15, 0.2) is 47.4 Å². The molecule has 0 bridgehead atoms. The average molecular weight is 695 g/mol. The number of aliphatic hydroxyl groups is 1. The summed E-state index contributed by atoms with van der Waals surface area (Å²) in [7, 11) is -8.34. The molecule has 1 saturated heterocycles. The number of thioether (sulfide) groups is 1. The molecule has 0 spiro atoms. The fourth-order valence-corrected chi connectivity index (χ4v) is 9.63. The fourth-order valence-electron chi connectivity index (χ4n) is 5.33. The zero-order valence-corrected chi connectivity index (χ0v) is 34.5. The van der Waals surface area contributed by atoms with Gasteiger partial charge in [0, 0.05) is 10.5 Å². The van der Waals surface area contributed by atoms with Gasteiger partial charge in [0.05, 0.1) is 6.61 Å². The van der Waals surface area contributed by atoms with Crippen molar-refractivity contribution in [1.29, 1.82) is 0 Å². The van der Waals surface area contributed by atoms with E-state index in [0.29, 0.717) is 12.2 Å². The first-order chi connectivity index (χ1) is 20.0. The molecule has 0 aliphatic carbocycles. The average Bonchev–Trinajstić information content (AvgIpc) is 2.86. The van der Waals surface area contributed by atoms with Gasteiger partial charge in [0.1, 0.15) is 24.4 Å². The van der Waals surface area contributed by atoms with E-state index in [1.165, 1.54) is 16.0 Å². The summed E-state index contributed by atoms with van der Waals surface area (Å²) in [5, 5.41) is 12.9. The Balaban J connectivity index is 2.19. The van der Waals surface area contributed by atoms with Crippen molar-refractivity contribution in [1.82, 2.24) is 0 Å². The summed E-state index contributed by atoms with van der Waals surface area (Å²) in [6.07, 6.45) is 0.561. The van der Waals surface area contributed by atoms with Gasteiger partial charge < -0.3 is 27.5 Å². The zero-order valence-electron chi connectivity index (χ0n) is 29.7. The highest BCUT2D eigenvalue weighted by Gasteiger charge is 2.59. The molecule has 0 amide bonds. The smallest absolute Gasteiger partial charge is 0.221 e. The molecule has 248 valence electrons. The van der Waals surface area contributed by atoms with Crippen LogP contribution in [0, 0.1) is 6.92 Å². The van der Waals surface area contributed by atoms with E-state index in [4.69, 9.17) is 22.4 Å². The molecular formula is C33H58O6SSi4. The Morgan fingerprint density at radius 1 is 0.750 bits per heavy atom. The van der Waals surface area contributed by atoms with Crippen molar-refractivity contribution in [3.8, 4) is 0 Å². The highest BCUT2D eigenvalue weighted by molar-refractivity contribution is 7.98. The van der Waals surface area contributed by atoms with Gasteiger partial charge in [0.15, 0.2) is 33.3 Å². The van der Waals surface area contributed by atoms with Gasteiger partial charge in [-0.25, -0.2) is 0 Å². The highest BCUT2D eigenvalue weighted by atomic mass is 32.2. The van der Waals surface area contributed by atoms with Crippen LogP contribution in [0.2, 0.25) is 78.6 Å². The Hall–Kier alpha value is -0.582. The van der Waals surface area contributed by atoms with Crippen molar-refractivity contribution in [3.63, 3.8) is 0 Å². The van der Waals surface area contributed by atoms with E-state index in [9.17, 15) is 5.11 Å². The van der Waals surface area contributed by atoms with Gasteiger partial charge in [0.2, 0.25) is 5.79 Å². The predicted molar refractivity (Wildman–Crippen MR) is 195 cm³/mol. The molecule has 44 heavy (non-hydrogen) atoms. The second-order valence-corrected chi connectivity index (χ2v) is 34.8. The lowest BCUT2D eigenvalue weighted by molar-refractivity contribution is -0.348. The monoisotopic (exact) mass is 694 g/mol. The van der Waals surface area contributed by atoms with E-state index in [2.05, 4.69) is 128 Å². The maximum Gasteiger partial charge on any atom is 0.221 e. The van der Waals surface area contributed by atoms with Crippen LogP contribution in [-0.2, 0) is 34.6 Å². The molecule has 11 heteroatoms. The van der Waals surface area contributed by atoms with Gasteiger partial charge in [-0.15, -0.1) is 11.8 Å². The molecule has 1 aliphatic rings. The summed E-state index contributed by atoms with van der Waals surface area (Å²) in [6.45, 7) is 28.5. The van der Waals surface area contributed by atoms with Gasteiger partial charge in [0.25, 0.3) is 0 Å². The second-order valence-electron chi connectivity index (χ2n) is 16.0. The first-order valence-corrected chi connectivity index (χ1v) is 30.7. The minimum absolute atomic E-state index is 0.318. The van der Waals surface area contributed by atoms with E-state index in [-0.39, 0.29) is 0 Å². The molecule has 0 radical (unpaired) electrons. The molecule has 3 rings (SSSR count). The van der Waals surface area contributed by atoms with Crippen LogP contribution in [0.25, 0.3) is 0 Å². The van der Waals surface area contributed by atoms with Gasteiger partial charge in [-0.05, 0) is 133 Å². The molecule has 2 aromatic rings. The number of hydrogen-bond donors (Lipinski definition) is 1. The number of benzene rings is 2. The van der Waals surface area contributed by atoms with Crippen molar-refractivity contribution in [2.75, 3.05) is 12.9 Å². The molecular weight excluding hydrogens is 637 g/mol. The Bertz CT molecular complexity index is 1230. The normalized spacial score (nSPS) is 25.3. The first-order valence-electron chi connectivity index (χ1n) is 15.8. The van der Waals surface area contributed by atoms with Gasteiger partial charge in [-0.3, -0.25) is 0 Å². The highest BCUT2D eigenvalue weighted by Crippen LogP contribution is 2.44. The van der Waals surface area contributed by atoms with Crippen molar-refractivity contribution in [3.05, 3.63) is 64.7 Å². The SMILES string of the molecule is CSc1ccc(Cc2cc([C@]3(O)O[C@H](CO[Si](C)(C)C)[C@H](O[Si](C)(C)C)[C@H](O[Si](C)(C)C)[C@H]3O[Si](C)(C)C)ccc2C)cc1. The molecule has 1 N–H and O–H groups in total. The maximum atomic E-state index is 12.9. The van der Waals surface area contributed by atoms with E-state index in [1.54, 1.807) is 11.8 Å². The standard InChI is InChI=1S/C33H58O6SSi4/c1-24-15-18-27(22-26(24)21-25-16-19-28(40-2)20-17-25)33(34)32(39-44(12,13)14)31(38-43(9,10)11)30(37-42(6,7)8)29(36-33)23-35-41(3,4)5/h15-20,22,29-32,34H,21,23H2,1-14H3/t29-,30+,31+,32-,33+/m1/s1. The summed E-state index contributed by atoms with van der Waals surface area (Å²) < 4.78 is 34.1. The van der Waals surface area contributed by atoms with Gasteiger partial charge >= 0.3 is 0 Å². The third-order valence-electron chi connectivity index (χ3n) is 7.16. The van der Waals surface area contributed by atoms with Crippen molar-refractivity contribution >= 4 is 45.0 Å². The minimum Gasteiger partial charge on any atom is -0.415 e. The van der Waals surface area contributed by atoms with E-state index in [0.717, 1.165) is 12.0 Å². The third kappa shape index (κ3) is 11.0. The summed E-state index contributed by atoms with van der Waals surface area (Å²) in [5.41, 5.74) is 4.20. The first kappa shape index (κ1) is 37.9. The Morgan fingerprint density at radius 2 is 1.30 bits per heavy atom. The number of rotatable bonds is 13. The van der Waals surface area contributed by atoms with Crippen LogP contribution in [0.5, 0.6) is 0 Å². The summed E-state index contributed by atoms with van der Waals surface area (Å²) in [5.74, 6) is -1.76. The minimum atomic E-state index is -2.21. The zero-order chi connectivity index (χ0) is 33.3. The molecule has 0 saturated carbocycles. The molecule has 1 fully saturated rings. The molecule has 6 nitrogen and oxygen atoms in total. The molecule has 0 aromatic heterocycles. The molecule has 5 atom stereocenters. The Kier molecular flexibility index (Phi) is 12.3. The summed E-state index contributed by atoms with van der Waals surface area (Å²) in [6, 6.07) is 14.9. The van der Waals surface area contributed by atoms with Crippen LogP contribution in [-0.4, -0.2) is 75.7 Å². The third-order valence-corrected chi connectivity index (χ3v) is 11.9. The molecule has 2 aromatic carbocycles. The topological polar surface area (TPSA) is 66.4 Å². The number of ether oxygens (including phenoxy) is 1. The van der Waals surface area contributed by atoms with Crippen molar-refractivity contribution in [2.45, 2.75) is 127 Å². The second kappa shape index (κ2) is 14.3. The molecule has 1 heterocycles. The van der Waals surface area contributed by atoms with Crippen LogP contribution < -0.4 is 0 Å². The maximum absolute atomic E-state index is 12.9. The van der Waals surface area contributed by atoms with Crippen molar-refractivity contribution < 1.29 is 27.5 Å². The Labute approximate surface area is 276 Å². The van der Waals surface area contributed by atoms with Crippen molar-refractivity contribution in [2.24, 2.45) is 0 Å². The van der Waals surface area contributed by atoms with Crippen LogP contribution >= 0.6 is 11.8 Å². The molecule has 0 unspecified atom stereocenters. The quantitative estimate of drug-likeness (QED) is 0.167. The van der Waals surface area contributed by atoms with Gasteiger partial charge in [-0.2, -0.15) is 0 Å². The molecule has 1 aliphatic heterocycles. The number of hydrogen-bond acceptors (Lipinski definition) is 7. The van der Waals surface area contributed by atoms with E-state index >= 15 is 0 Å². The summed E-state index contributed by atoms with van der Waals surface area (Å²) in [4.78, 5) is 1.24. The predicted octanol–water partition coefficient (Wildman–Crippen LogP) is 8.36. The lowest BCUT2D eigenvalue weighted by Crippen LogP contribution is -2.69. The van der Waals surface area contributed by atoms with Crippen LogP contribution in [0.1, 0.15) is 22.3 Å². The Morgan fingerprint density at radius 3 is 1.80 bits per heavy atom. The fraction of sp³-hybridized carbons (Fsp3) is 0.636. The van der Waals surface area contributed by atoms with Crippen LogP contribution in [0.4, 0.5) is 0 Å². The lowest BCUT2D eigenvalue weighted by atomic mass is 9.86. The summed E-state index contributed by atoms with van der Waals surface area (Å²) >= 11 is 1.74. The van der Waals surface area contributed by atoms with Gasteiger partial charge in [-0.1, -0.05) is 24.3 Å². The van der Waals surface area contributed by atoms with Crippen LogP contribution in [0.3, 0.4) is 0 Å². The largest absolute Gasteiger partial charge is 0.415 e. The van der Waals surface area contributed by atoms with E-state index < -0.39 is 63.5 Å².